The van der Waals surface area contributed by atoms with Gasteiger partial charge in [0, 0.05) is 10.0 Å². The Morgan fingerprint density at radius 2 is 1.95 bits per heavy atom. The molecule has 1 aromatic carbocycles. The van der Waals surface area contributed by atoms with E-state index in [0.717, 1.165) is 23.1 Å². The Labute approximate surface area is 121 Å². The molecule has 0 saturated heterocycles. The zero-order chi connectivity index (χ0) is 13.7. The molecule has 0 spiro atoms. The van der Waals surface area contributed by atoms with Crippen molar-refractivity contribution in [3.05, 3.63) is 28.2 Å². The van der Waals surface area contributed by atoms with E-state index in [1.807, 2.05) is 12.1 Å². The number of hydrogen-bond acceptors (Lipinski definition) is 3. The third kappa shape index (κ3) is 3.86. The van der Waals surface area contributed by atoms with Crippen LogP contribution >= 0.6 is 15.9 Å². The van der Waals surface area contributed by atoms with Crippen molar-refractivity contribution in [1.82, 2.24) is 0 Å². The Bertz CT molecular complexity index is 455. The highest BCUT2D eigenvalue weighted by Crippen LogP contribution is 2.27. The SMILES string of the molecule is N/C(=N/O)c1ccc(OC2CCCCCC2)cc1Br. The first kappa shape index (κ1) is 14.2. The zero-order valence-corrected chi connectivity index (χ0v) is 12.4. The van der Waals surface area contributed by atoms with Gasteiger partial charge < -0.3 is 15.7 Å². The third-order valence-corrected chi connectivity index (χ3v) is 4.09. The molecule has 1 aliphatic rings. The van der Waals surface area contributed by atoms with E-state index in [1.54, 1.807) is 6.07 Å². The van der Waals surface area contributed by atoms with Crippen LogP contribution in [0.2, 0.25) is 0 Å². The van der Waals surface area contributed by atoms with Gasteiger partial charge in [0.1, 0.15) is 5.75 Å². The van der Waals surface area contributed by atoms with E-state index in [-0.39, 0.29) is 5.84 Å². The summed E-state index contributed by atoms with van der Waals surface area (Å²) in [6.45, 7) is 0. The fourth-order valence-corrected chi connectivity index (χ4v) is 2.94. The smallest absolute Gasteiger partial charge is 0.171 e. The Kier molecular flexibility index (Phi) is 5.07. The Morgan fingerprint density at radius 1 is 1.26 bits per heavy atom. The highest BCUT2D eigenvalue weighted by Gasteiger charge is 2.14. The lowest BCUT2D eigenvalue weighted by atomic mass is 10.1. The van der Waals surface area contributed by atoms with E-state index in [0.29, 0.717) is 11.7 Å². The number of nitrogens with zero attached hydrogens (tertiary/aromatic N) is 1. The second kappa shape index (κ2) is 6.80. The molecule has 1 saturated carbocycles. The van der Waals surface area contributed by atoms with Gasteiger partial charge in [-0.25, -0.2) is 0 Å². The summed E-state index contributed by atoms with van der Waals surface area (Å²) in [6, 6.07) is 5.53. The molecule has 0 radical (unpaired) electrons. The molecule has 0 amide bonds. The highest BCUT2D eigenvalue weighted by atomic mass is 79.9. The van der Waals surface area contributed by atoms with Gasteiger partial charge in [0.05, 0.1) is 6.10 Å². The van der Waals surface area contributed by atoms with Crippen LogP contribution in [-0.2, 0) is 0 Å². The molecule has 0 bridgehead atoms. The Morgan fingerprint density at radius 3 is 2.53 bits per heavy atom. The van der Waals surface area contributed by atoms with Crippen molar-refractivity contribution < 1.29 is 9.94 Å². The third-order valence-electron chi connectivity index (χ3n) is 3.43. The topological polar surface area (TPSA) is 67.8 Å². The molecule has 4 nitrogen and oxygen atoms in total. The van der Waals surface area contributed by atoms with Gasteiger partial charge in [-0.3, -0.25) is 0 Å². The summed E-state index contributed by atoms with van der Waals surface area (Å²) in [5.74, 6) is 0.918. The van der Waals surface area contributed by atoms with Gasteiger partial charge in [0.25, 0.3) is 0 Å². The number of halogens is 1. The predicted octanol–water partition coefficient (Wildman–Crippen LogP) is 3.65. The summed E-state index contributed by atoms with van der Waals surface area (Å²) in [5.41, 5.74) is 6.24. The minimum Gasteiger partial charge on any atom is -0.490 e. The number of amidine groups is 1. The van der Waals surface area contributed by atoms with Gasteiger partial charge >= 0.3 is 0 Å². The summed E-state index contributed by atoms with van der Waals surface area (Å²) in [4.78, 5) is 0. The quantitative estimate of drug-likeness (QED) is 0.293. The summed E-state index contributed by atoms with van der Waals surface area (Å²) in [6.07, 6.45) is 7.67. The molecular weight excluding hydrogens is 308 g/mol. The van der Waals surface area contributed by atoms with Crippen molar-refractivity contribution >= 4 is 21.8 Å². The van der Waals surface area contributed by atoms with Gasteiger partial charge in [-0.05, 0) is 59.8 Å². The minimum absolute atomic E-state index is 0.0906. The molecule has 0 heterocycles. The van der Waals surface area contributed by atoms with E-state index in [9.17, 15) is 0 Å². The first-order chi connectivity index (χ1) is 9.20. The van der Waals surface area contributed by atoms with E-state index < -0.39 is 0 Å². The Hall–Kier alpha value is -1.23. The van der Waals surface area contributed by atoms with Crippen LogP contribution in [0.5, 0.6) is 5.75 Å². The molecule has 1 aromatic rings. The van der Waals surface area contributed by atoms with Crippen LogP contribution in [0.25, 0.3) is 0 Å². The minimum atomic E-state index is 0.0906. The maximum atomic E-state index is 8.69. The molecule has 2 rings (SSSR count). The lowest BCUT2D eigenvalue weighted by molar-refractivity contribution is 0.183. The molecular formula is C14H19BrN2O2. The van der Waals surface area contributed by atoms with Crippen LogP contribution in [0.15, 0.2) is 27.8 Å². The second-order valence-electron chi connectivity index (χ2n) is 4.86. The molecule has 1 aliphatic carbocycles. The van der Waals surface area contributed by atoms with Crippen LogP contribution in [0.1, 0.15) is 44.1 Å². The van der Waals surface area contributed by atoms with Gasteiger partial charge in [-0.2, -0.15) is 0 Å². The van der Waals surface area contributed by atoms with E-state index >= 15 is 0 Å². The van der Waals surface area contributed by atoms with Gasteiger partial charge in [-0.1, -0.05) is 18.0 Å². The average Bonchev–Trinajstić information content (AvgIpc) is 2.67. The van der Waals surface area contributed by atoms with Crippen molar-refractivity contribution in [2.24, 2.45) is 10.9 Å². The number of benzene rings is 1. The first-order valence-electron chi connectivity index (χ1n) is 6.65. The van der Waals surface area contributed by atoms with Crippen LogP contribution in [0, 0.1) is 0 Å². The predicted molar refractivity (Wildman–Crippen MR) is 78.8 cm³/mol. The molecule has 5 heteroatoms. The standard InChI is InChI=1S/C14H19BrN2O2/c15-13-9-11(7-8-12(13)14(16)17-18)19-10-5-3-1-2-4-6-10/h7-10,18H,1-6H2,(H2,16,17). The number of hydrogen-bond donors (Lipinski definition) is 2. The van der Waals surface area contributed by atoms with Crippen molar-refractivity contribution in [1.29, 1.82) is 0 Å². The van der Waals surface area contributed by atoms with Crippen molar-refractivity contribution in [3.63, 3.8) is 0 Å². The average molecular weight is 327 g/mol. The molecule has 0 aromatic heterocycles. The Balaban J connectivity index is 2.07. The first-order valence-corrected chi connectivity index (χ1v) is 7.44. The number of ether oxygens (including phenoxy) is 1. The maximum Gasteiger partial charge on any atom is 0.171 e. The summed E-state index contributed by atoms with van der Waals surface area (Å²) < 4.78 is 6.78. The molecule has 3 N–H and O–H groups in total. The number of rotatable bonds is 3. The van der Waals surface area contributed by atoms with E-state index in [4.69, 9.17) is 15.7 Å². The molecule has 1 fully saturated rings. The van der Waals surface area contributed by atoms with Crippen molar-refractivity contribution in [2.45, 2.75) is 44.6 Å². The van der Waals surface area contributed by atoms with E-state index in [2.05, 4.69) is 21.1 Å². The summed E-state index contributed by atoms with van der Waals surface area (Å²) in [5, 5.41) is 11.7. The fourth-order valence-electron chi connectivity index (χ4n) is 2.38. The van der Waals surface area contributed by atoms with Crippen LogP contribution in [-0.4, -0.2) is 17.1 Å². The maximum absolute atomic E-state index is 8.69. The zero-order valence-electron chi connectivity index (χ0n) is 10.8. The molecule has 104 valence electrons. The summed E-state index contributed by atoms with van der Waals surface area (Å²) in [7, 11) is 0. The highest BCUT2D eigenvalue weighted by molar-refractivity contribution is 9.10. The van der Waals surface area contributed by atoms with E-state index in [1.165, 1.54) is 25.7 Å². The fraction of sp³-hybridized carbons (Fsp3) is 0.500. The number of nitrogens with two attached hydrogens (primary N) is 1. The summed E-state index contributed by atoms with van der Waals surface area (Å²) >= 11 is 3.42. The van der Waals surface area contributed by atoms with Crippen molar-refractivity contribution in [3.8, 4) is 5.75 Å². The van der Waals surface area contributed by atoms with Gasteiger partial charge in [0.15, 0.2) is 5.84 Å². The molecule has 0 unspecified atom stereocenters. The lowest BCUT2D eigenvalue weighted by Crippen LogP contribution is -2.16. The van der Waals surface area contributed by atoms with Crippen molar-refractivity contribution in [2.75, 3.05) is 0 Å². The number of oxime groups is 1. The van der Waals surface area contributed by atoms with Crippen LogP contribution < -0.4 is 10.5 Å². The normalized spacial score (nSPS) is 18.1. The molecule has 19 heavy (non-hydrogen) atoms. The monoisotopic (exact) mass is 326 g/mol. The lowest BCUT2D eigenvalue weighted by Gasteiger charge is -2.17. The van der Waals surface area contributed by atoms with Gasteiger partial charge in [-0.15, -0.1) is 0 Å². The van der Waals surface area contributed by atoms with Crippen LogP contribution in [0.4, 0.5) is 0 Å². The van der Waals surface area contributed by atoms with Crippen LogP contribution in [0.3, 0.4) is 0 Å². The van der Waals surface area contributed by atoms with Gasteiger partial charge in [0.2, 0.25) is 0 Å². The largest absolute Gasteiger partial charge is 0.490 e. The molecule has 0 atom stereocenters. The second-order valence-corrected chi connectivity index (χ2v) is 5.71. The molecule has 0 aliphatic heterocycles.